The van der Waals surface area contributed by atoms with E-state index >= 15 is 0 Å². The van der Waals surface area contributed by atoms with E-state index in [9.17, 15) is 4.79 Å². The number of aromatic amines is 1. The van der Waals surface area contributed by atoms with Crippen molar-refractivity contribution in [3.8, 4) is 17.2 Å². The van der Waals surface area contributed by atoms with Gasteiger partial charge < -0.3 is 29.8 Å². The SMILES string of the molecule is COc1cc(CCNC(=O)NCCc2c[nH]c3ccccc23)cc(OC)c1OC. The number of carbonyl (C=O) groups is 1. The Morgan fingerprint density at radius 2 is 1.59 bits per heavy atom. The van der Waals surface area contributed by atoms with Crippen LogP contribution in [0, 0.1) is 0 Å². The molecule has 0 atom stereocenters. The van der Waals surface area contributed by atoms with Gasteiger partial charge in [0, 0.05) is 30.2 Å². The lowest BCUT2D eigenvalue weighted by atomic mass is 10.1. The molecule has 3 aromatic rings. The first-order valence-electron chi connectivity index (χ1n) is 9.51. The van der Waals surface area contributed by atoms with Crippen molar-refractivity contribution in [1.29, 1.82) is 0 Å². The second-order valence-corrected chi connectivity index (χ2v) is 6.58. The van der Waals surface area contributed by atoms with Crippen molar-refractivity contribution < 1.29 is 19.0 Å². The van der Waals surface area contributed by atoms with Crippen LogP contribution in [0.1, 0.15) is 11.1 Å². The van der Waals surface area contributed by atoms with E-state index in [4.69, 9.17) is 14.2 Å². The van der Waals surface area contributed by atoms with Gasteiger partial charge >= 0.3 is 6.03 Å². The number of ether oxygens (including phenoxy) is 3. The average molecular weight is 397 g/mol. The molecule has 2 amide bonds. The van der Waals surface area contributed by atoms with Gasteiger partial charge in [0.2, 0.25) is 5.75 Å². The fourth-order valence-electron chi connectivity index (χ4n) is 3.31. The summed E-state index contributed by atoms with van der Waals surface area (Å²) in [7, 11) is 4.74. The van der Waals surface area contributed by atoms with Gasteiger partial charge in [-0.2, -0.15) is 0 Å². The van der Waals surface area contributed by atoms with Crippen molar-refractivity contribution in [1.82, 2.24) is 15.6 Å². The summed E-state index contributed by atoms with van der Waals surface area (Å²) >= 11 is 0. The number of hydrogen-bond acceptors (Lipinski definition) is 4. The molecular weight excluding hydrogens is 370 g/mol. The van der Waals surface area contributed by atoms with Crippen molar-refractivity contribution in [2.75, 3.05) is 34.4 Å². The Morgan fingerprint density at radius 1 is 0.931 bits per heavy atom. The molecule has 0 radical (unpaired) electrons. The van der Waals surface area contributed by atoms with Crippen LogP contribution in [0.15, 0.2) is 42.6 Å². The van der Waals surface area contributed by atoms with Crippen molar-refractivity contribution in [2.24, 2.45) is 0 Å². The van der Waals surface area contributed by atoms with Gasteiger partial charge in [-0.1, -0.05) is 18.2 Å². The summed E-state index contributed by atoms with van der Waals surface area (Å²) in [5.41, 5.74) is 3.29. The lowest BCUT2D eigenvalue weighted by molar-refractivity contribution is 0.241. The molecule has 0 saturated heterocycles. The van der Waals surface area contributed by atoms with E-state index in [-0.39, 0.29) is 6.03 Å². The van der Waals surface area contributed by atoms with Gasteiger partial charge in [-0.15, -0.1) is 0 Å². The van der Waals surface area contributed by atoms with Gasteiger partial charge in [-0.3, -0.25) is 0 Å². The Balaban J connectivity index is 1.46. The summed E-state index contributed by atoms with van der Waals surface area (Å²) in [4.78, 5) is 15.3. The summed E-state index contributed by atoms with van der Waals surface area (Å²) in [5.74, 6) is 1.76. The molecule has 0 saturated carbocycles. The van der Waals surface area contributed by atoms with Crippen LogP contribution in [0.25, 0.3) is 10.9 Å². The molecule has 2 aromatic carbocycles. The normalized spacial score (nSPS) is 10.6. The van der Waals surface area contributed by atoms with E-state index in [1.807, 2.05) is 36.5 Å². The molecular formula is C22H27N3O4. The topological polar surface area (TPSA) is 84.6 Å². The number of rotatable bonds is 9. The second-order valence-electron chi connectivity index (χ2n) is 6.58. The minimum atomic E-state index is -0.183. The molecule has 1 aromatic heterocycles. The zero-order chi connectivity index (χ0) is 20.6. The zero-order valence-electron chi connectivity index (χ0n) is 17.0. The quantitative estimate of drug-likeness (QED) is 0.517. The molecule has 0 aliphatic heterocycles. The lowest BCUT2D eigenvalue weighted by Gasteiger charge is -2.14. The van der Waals surface area contributed by atoms with Gasteiger partial charge in [-0.05, 0) is 42.2 Å². The molecule has 0 aliphatic carbocycles. The average Bonchev–Trinajstić information content (AvgIpc) is 3.16. The largest absolute Gasteiger partial charge is 0.493 e. The number of amides is 2. The molecule has 0 fully saturated rings. The summed E-state index contributed by atoms with van der Waals surface area (Å²) in [6.07, 6.45) is 3.41. The number of para-hydroxylation sites is 1. The minimum absolute atomic E-state index is 0.183. The van der Waals surface area contributed by atoms with Crippen LogP contribution in [0.3, 0.4) is 0 Å². The summed E-state index contributed by atoms with van der Waals surface area (Å²) in [5, 5.41) is 6.97. The van der Waals surface area contributed by atoms with Crippen LogP contribution < -0.4 is 24.8 Å². The highest BCUT2D eigenvalue weighted by Gasteiger charge is 2.13. The van der Waals surface area contributed by atoms with E-state index in [2.05, 4.69) is 21.7 Å². The number of fused-ring (bicyclic) bond motifs is 1. The molecule has 7 heteroatoms. The van der Waals surface area contributed by atoms with Crippen molar-refractivity contribution >= 4 is 16.9 Å². The molecule has 7 nitrogen and oxygen atoms in total. The molecule has 154 valence electrons. The predicted octanol–water partition coefficient (Wildman–Crippen LogP) is 3.28. The Hall–Kier alpha value is -3.35. The Morgan fingerprint density at radius 3 is 2.24 bits per heavy atom. The van der Waals surface area contributed by atoms with Crippen LogP contribution in [0.4, 0.5) is 4.79 Å². The Labute approximate surface area is 170 Å². The first-order valence-corrected chi connectivity index (χ1v) is 9.51. The maximum absolute atomic E-state index is 12.1. The zero-order valence-corrected chi connectivity index (χ0v) is 17.0. The molecule has 29 heavy (non-hydrogen) atoms. The molecule has 0 aliphatic rings. The summed E-state index contributed by atoms with van der Waals surface area (Å²) < 4.78 is 16.0. The van der Waals surface area contributed by atoms with Crippen LogP contribution in [-0.4, -0.2) is 45.4 Å². The molecule has 1 heterocycles. The molecule has 0 unspecified atom stereocenters. The van der Waals surface area contributed by atoms with E-state index in [0.717, 1.165) is 17.5 Å². The highest BCUT2D eigenvalue weighted by molar-refractivity contribution is 5.83. The smallest absolute Gasteiger partial charge is 0.314 e. The number of nitrogens with one attached hydrogen (secondary N) is 3. The van der Waals surface area contributed by atoms with Gasteiger partial charge in [-0.25, -0.2) is 4.79 Å². The number of H-pyrrole nitrogens is 1. The third-order valence-corrected chi connectivity index (χ3v) is 4.78. The fourth-order valence-corrected chi connectivity index (χ4v) is 3.31. The standard InChI is InChI=1S/C22H27N3O4/c1-27-19-12-15(13-20(28-2)21(19)29-3)8-10-23-22(26)24-11-9-16-14-25-18-7-5-4-6-17(16)18/h4-7,12-14,25H,8-11H2,1-3H3,(H2,23,24,26). The molecule has 3 N–H and O–H groups in total. The van der Waals surface area contributed by atoms with Crippen LogP contribution >= 0.6 is 0 Å². The highest BCUT2D eigenvalue weighted by Crippen LogP contribution is 2.38. The Bertz CT molecular complexity index is 943. The predicted molar refractivity (Wildman–Crippen MR) is 113 cm³/mol. The second kappa shape index (κ2) is 9.73. The Kier molecular flexibility index (Phi) is 6.84. The van der Waals surface area contributed by atoms with Gasteiger partial charge in [0.05, 0.1) is 21.3 Å². The monoisotopic (exact) mass is 397 g/mol. The van der Waals surface area contributed by atoms with Gasteiger partial charge in [0.15, 0.2) is 11.5 Å². The third kappa shape index (κ3) is 4.93. The minimum Gasteiger partial charge on any atom is -0.493 e. The van der Waals surface area contributed by atoms with E-state index in [0.29, 0.717) is 36.8 Å². The number of carbonyl (C=O) groups excluding carboxylic acids is 1. The van der Waals surface area contributed by atoms with E-state index in [1.54, 1.807) is 21.3 Å². The summed E-state index contributed by atoms with van der Waals surface area (Å²) in [6.45, 7) is 1.06. The highest BCUT2D eigenvalue weighted by atomic mass is 16.5. The lowest BCUT2D eigenvalue weighted by Crippen LogP contribution is -2.37. The first-order chi connectivity index (χ1) is 14.2. The third-order valence-electron chi connectivity index (χ3n) is 4.78. The van der Waals surface area contributed by atoms with Crippen molar-refractivity contribution in [3.63, 3.8) is 0 Å². The number of methoxy groups -OCH3 is 3. The van der Waals surface area contributed by atoms with Gasteiger partial charge in [0.1, 0.15) is 0 Å². The van der Waals surface area contributed by atoms with Crippen LogP contribution in [-0.2, 0) is 12.8 Å². The molecule has 0 spiro atoms. The summed E-state index contributed by atoms with van der Waals surface area (Å²) in [6, 6.07) is 11.7. The fraction of sp³-hybridized carbons (Fsp3) is 0.318. The number of aromatic nitrogens is 1. The number of urea groups is 1. The van der Waals surface area contributed by atoms with Crippen molar-refractivity contribution in [3.05, 3.63) is 53.7 Å². The first kappa shape index (κ1) is 20.4. The van der Waals surface area contributed by atoms with Crippen LogP contribution in [0.2, 0.25) is 0 Å². The number of hydrogen-bond donors (Lipinski definition) is 3. The van der Waals surface area contributed by atoms with E-state index < -0.39 is 0 Å². The van der Waals surface area contributed by atoms with Crippen LogP contribution in [0.5, 0.6) is 17.2 Å². The molecule has 0 bridgehead atoms. The van der Waals surface area contributed by atoms with Crippen molar-refractivity contribution in [2.45, 2.75) is 12.8 Å². The maximum Gasteiger partial charge on any atom is 0.314 e. The van der Waals surface area contributed by atoms with Gasteiger partial charge in [0.25, 0.3) is 0 Å². The molecule has 3 rings (SSSR count). The maximum atomic E-state index is 12.1. The van der Waals surface area contributed by atoms with E-state index in [1.165, 1.54) is 10.9 Å². The number of benzene rings is 2.